The first-order valence-corrected chi connectivity index (χ1v) is 9.45. The molecule has 3 atom stereocenters. The van der Waals surface area contributed by atoms with Crippen LogP contribution in [0.25, 0.3) is 11.6 Å². The summed E-state index contributed by atoms with van der Waals surface area (Å²) in [6.07, 6.45) is 6.99. The lowest BCUT2D eigenvalue weighted by Gasteiger charge is -2.23. The number of carbonyl (C=O) groups is 1. The molecule has 0 radical (unpaired) electrons. The molecule has 2 saturated carbocycles. The van der Waals surface area contributed by atoms with Crippen molar-refractivity contribution in [3.8, 4) is 5.75 Å². The minimum absolute atomic E-state index is 0.0320. The molecule has 2 aromatic carbocycles. The molecule has 0 aromatic heterocycles. The van der Waals surface area contributed by atoms with E-state index in [9.17, 15) is 4.79 Å². The zero-order valence-electron chi connectivity index (χ0n) is 15.2. The Morgan fingerprint density at radius 1 is 1.04 bits per heavy atom. The predicted octanol–water partition coefficient (Wildman–Crippen LogP) is 4.54. The van der Waals surface area contributed by atoms with Gasteiger partial charge in [-0.3, -0.25) is 4.79 Å². The molecule has 0 spiro atoms. The average Bonchev–Trinajstić information content (AvgIpc) is 3.30. The van der Waals surface area contributed by atoms with E-state index in [1.54, 1.807) is 7.11 Å². The van der Waals surface area contributed by atoms with E-state index in [2.05, 4.69) is 5.32 Å². The molecule has 2 aromatic rings. The number of rotatable bonds is 5. The predicted molar refractivity (Wildman–Crippen MR) is 105 cm³/mol. The van der Waals surface area contributed by atoms with Gasteiger partial charge < -0.3 is 10.1 Å². The number of nitrogens with one attached hydrogen (secondary N) is 1. The molecule has 1 N–H and O–H groups in total. The van der Waals surface area contributed by atoms with Crippen LogP contribution in [0.3, 0.4) is 0 Å². The third-order valence-corrected chi connectivity index (χ3v) is 5.81. The molecule has 2 fully saturated rings. The molecule has 3 nitrogen and oxygen atoms in total. The van der Waals surface area contributed by atoms with Crippen molar-refractivity contribution < 1.29 is 9.53 Å². The molecule has 3 heteroatoms. The molecule has 2 aliphatic carbocycles. The summed E-state index contributed by atoms with van der Waals surface area (Å²) in [6, 6.07) is 18.0. The van der Waals surface area contributed by atoms with Gasteiger partial charge in [0.2, 0.25) is 0 Å². The van der Waals surface area contributed by atoms with Crippen molar-refractivity contribution >= 4 is 17.6 Å². The topological polar surface area (TPSA) is 38.3 Å². The molecular formula is C23H25NO2. The molecule has 4 rings (SSSR count). The summed E-state index contributed by atoms with van der Waals surface area (Å²) in [5.74, 6) is 2.33. The molecule has 2 aliphatic rings. The number of amides is 1. The van der Waals surface area contributed by atoms with Gasteiger partial charge in [-0.25, -0.2) is 0 Å². The summed E-state index contributed by atoms with van der Waals surface area (Å²) < 4.78 is 5.22. The Labute approximate surface area is 155 Å². The first-order chi connectivity index (χ1) is 12.7. The molecular weight excluding hydrogens is 322 g/mol. The van der Waals surface area contributed by atoms with E-state index in [0.29, 0.717) is 12.0 Å². The van der Waals surface area contributed by atoms with Crippen LogP contribution in [0.5, 0.6) is 5.75 Å². The Kier molecular flexibility index (Phi) is 4.79. The molecule has 1 amide bonds. The maximum absolute atomic E-state index is 13.1. The fourth-order valence-corrected chi connectivity index (χ4v) is 4.43. The summed E-state index contributed by atoms with van der Waals surface area (Å²) in [6.45, 7) is 0. The summed E-state index contributed by atoms with van der Waals surface area (Å²) in [5, 5.41) is 3.32. The van der Waals surface area contributed by atoms with Crippen LogP contribution in [0.4, 0.5) is 0 Å². The third-order valence-electron chi connectivity index (χ3n) is 5.81. The zero-order chi connectivity index (χ0) is 17.9. The second-order valence-corrected chi connectivity index (χ2v) is 7.45. The zero-order valence-corrected chi connectivity index (χ0v) is 15.2. The normalized spacial score (nSPS) is 24.5. The quantitative estimate of drug-likeness (QED) is 0.637. The number of carbonyl (C=O) groups excluding carboxylic acids is 1. The van der Waals surface area contributed by atoms with E-state index in [-0.39, 0.29) is 5.91 Å². The lowest BCUT2D eigenvalue weighted by molar-refractivity contribution is -0.116. The number of fused-ring (bicyclic) bond motifs is 2. The Bertz CT molecular complexity index is 795. The van der Waals surface area contributed by atoms with Crippen LogP contribution < -0.4 is 10.1 Å². The van der Waals surface area contributed by atoms with E-state index >= 15 is 0 Å². The Hall–Kier alpha value is -2.55. The third kappa shape index (κ3) is 3.52. The van der Waals surface area contributed by atoms with E-state index in [1.165, 1.54) is 19.3 Å². The monoisotopic (exact) mass is 347 g/mol. The smallest absolute Gasteiger partial charge is 0.252 e. The van der Waals surface area contributed by atoms with Crippen molar-refractivity contribution in [2.75, 3.05) is 7.11 Å². The maximum atomic E-state index is 13.1. The van der Waals surface area contributed by atoms with Gasteiger partial charge >= 0.3 is 0 Å². The highest BCUT2D eigenvalue weighted by molar-refractivity contribution is 6.24. The summed E-state index contributed by atoms with van der Waals surface area (Å²) in [5.41, 5.74) is 2.66. The summed E-state index contributed by atoms with van der Waals surface area (Å²) in [4.78, 5) is 13.1. The molecule has 134 valence electrons. The van der Waals surface area contributed by atoms with Crippen LogP contribution in [-0.2, 0) is 4.79 Å². The van der Waals surface area contributed by atoms with E-state index in [1.807, 2.05) is 60.7 Å². The Morgan fingerprint density at radius 2 is 1.81 bits per heavy atom. The van der Waals surface area contributed by atoms with E-state index in [0.717, 1.165) is 34.8 Å². The van der Waals surface area contributed by atoms with Gasteiger partial charge in [-0.15, -0.1) is 0 Å². The summed E-state index contributed by atoms with van der Waals surface area (Å²) >= 11 is 0. The van der Waals surface area contributed by atoms with Gasteiger partial charge in [-0.2, -0.15) is 0 Å². The van der Waals surface area contributed by atoms with Crippen LogP contribution in [-0.4, -0.2) is 19.1 Å². The van der Waals surface area contributed by atoms with E-state index < -0.39 is 0 Å². The van der Waals surface area contributed by atoms with Gasteiger partial charge in [-0.05, 0) is 60.4 Å². The molecule has 0 aliphatic heterocycles. The van der Waals surface area contributed by atoms with Gasteiger partial charge in [0.05, 0.1) is 7.11 Å². The van der Waals surface area contributed by atoms with Crippen molar-refractivity contribution in [1.82, 2.24) is 5.32 Å². The number of benzene rings is 2. The first-order valence-electron chi connectivity index (χ1n) is 9.45. The van der Waals surface area contributed by atoms with Crippen molar-refractivity contribution in [1.29, 1.82) is 0 Å². The first kappa shape index (κ1) is 16.9. The van der Waals surface area contributed by atoms with E-state index in [4.69, 9.17) is 4.74 Å². The lowest BCUT2D eigenvalue weighted by atomic mass is 9.94. The standard InChI is InChI=1S/C23H25NO2/c1-26-20-11-8-16(9-12-20)14-21(18-5-3-2-4-6-18)23(25)24-22-15-17-7-10-19(22)13-17/h2-6,8-9,11-12,14,17,19,22H,7,10,13,15H2,1H3,(H,24,25)/b21-14-/t17-,19-,22+/m0/s1. The van der Waals surface area contributed by atoms with Crippen LogP contribution in [0.15, 0.2) is 54.6 Å². The minimum Gasteiger partial charge on any atom is -0.497 e. The Balaban J connectivity index is 1.60. The Morgan fingerprint density at radius 3 is 2.42 bits per heavy atom. The molecule has 2 bridgehead atoms. The van der Waals surface area contributed by atoms with Crippen LogP contribution in [0.2, 0.25) is 0 Å². The van der Waals surface area contributed by atoms with Crippen LogP contribution >= 0.6 is 0 Å². The highest BCUT2D eigenvalue weighted by atomic mass is 16.5. The highest BCUT2D eigenvalue weighted by Crippen LogP contribution is 2.44. The number of methoxy groups -OCH3 is 1. The van der Waals surface area contributed by atoms with Gasteiger partial charge in [0.15, 0.2) is 0 Å². The molecule has 0 saturated heterocycles. The highest BCUT2D eigenvalue weighted by Gasteiger charge is 2.40. The van der Waals surface area contributed by atoms with Gasteiger partial charge in [0.25, 0.3) is 5.91 Å². The minimum atomic E-state index is 0.0320. The maximum Gasteiger partial charge on any atom is 0.252 e. The number of hydrogen-bond donors (Lipinski definition) is 1. The van der Waals surface area contributed by atoms with Crippen LogP contribution in [0, 0.1) is 11.8 Å². The summed E-state index contributed by atoms with van der Waals surface area (Å²) in [7, 11) is 1.66. The second-order valence-electron chi connectivity index (χ2n) is 7.45. The fourth-order valence-electron chi connectivity index (χ4n) is 4.43. The number of hydrogen-bond acceptors (Lipinski definition) is 2. The van der Waals surface area contributed by atoms with Crippen LogP contribution in [0.1, 0.15) is 36.8 Å². The molecule has 0 unspecified atom stereocenters. The van der Waals surface area contributed by atoms with Gasteiger partial charge in [0.1, 0.15) is 5.75 Å². The van der Waals surface area contributed by atoms with Crippen molar-refractivity contribution in [2.24, 2.45) is 11.8 Å². The largest absolute Gasteiger partial charge is 0.497 e. The van der Waals surface area contributed by atoms with Crippen molar-refractivity contribution in [2.45, 2.75) is 31.7 Å². The lowest BCUT2D eigenvalue weighted by Crippen LogP contribution is -2.38. The second kappa shape index (κ2) is 7.36. The SMILES string of the molecule is COc1ccc(/C=C(\C(=O)N[C@@H]2C[C@H]3CC[C@H]2C3)c2ccccc2)cc1. The van der Waals surface area contributed by atoms with Gasteiger partial charge in [0, 0.05) is 11.6 Å². The molecule has 26 heavy (non-hydrogen) atoms. The van der Waals surface area contributed by atoms with Gasteiger partial charge in [-0.1, -0.05) is 48.9 Å². The molecule has 0 heterocycles. The fraction of sp³-hybridized carbons (Fsp3) is 0.348. The average molecular weight is 347 g/mol. The van der Waals surface area contributed by atoms with Crippen molar-refractivity contribution in [3.05, 3.63) is 65.7 Å². The van der Waals surface area contributed by atoms with Crippen molar-refractivity contribution in [3.63, 3.8) is 0 Å². The number of ether oxygens (including phenoxy) is 1.